The summed E-state index contributed by atoms with van der Waals surface area (Å²) in [6, 6.07) is 3.60. The number of sulfonamides is 1. The van der Waals surface area contributed by atoms with E-state index in [0.29, 0.717) is 25.9 Å². The second-order valence-corrected chi connectivity index (χ2v) is 9.84. The van der Waals surface area contributed by atoms with Crippen LogP contribution in [0.1, 0.15) is 18.5 Å². The number of nitrogens with one attached hydrogen (secondary N) is 2. The number of rotatable bonds is 6. The van der Waals surface area contributed by atoms with Crippen LogP contribution in [0.4, 0.5) is 17.6 Å². The van der Waals surface area contributed by atoms with Crippen molar-refractivity contribution in [2.24, 2.45) is 0 Å². The first-order valence-electron chi connectivity index (χ1n) is 10.2. The lowest BCUT2D eigenvalue weighted by Crippen LogP contribution is -2.41. The Morgan fingerprint density at radius 3 is 2.49 bits per heavy atom. The lowest BCUT2D eigenvalue weighted by molar-refractivity contribution is -0.192. The van der Waals surface area contributed by atoms with Gasteiger partial charge in [-0.1, -0.05) is 21.9 Å². The van der Waals surface area contributed by atoms with Crippen molar-refractivity contribution in [1.29, 1.82) is 0 Å². The molecular formula is C18H17ClF4N6O7S. The maximum Gasteiger partial charge on any atom is 0.490 e. The lowest BCUT2D eigenvalue weighted by Gasteiger charge is -2.22. The average molecular weight is 573 g/mol. The van der Waals surface area contributed by atoms with Crippen LogP contribution in [0, 0.1) is 5.82 Å². The molecule has 202 valence electrons. The predicted octanol–water partition coefficient (Wildman–Crippen LogP) is 1.47. The maximum atomic E-state index is 13.5. The van der Waals surface area contributed by atoms with Gasteiger partial charge in [-0.15, -0.1) is 0 Å². The molecule has 0 radical (unpaired) electrons. The van der Waals surface area contributed by atoms with Crippen LogP contribution >= 0.6 is 11.6 Å². The highest BCUT2D eigenvalue weighted by Crippen LogP contribution is 2.24. The van der Waals surface area contributed by atoms with E-state index in [-0.39, 0.29) is 34.5 Å². The fraction of sp³-hybridized carbons (Fsp3) is 0.389. The molecule has 13 nitrogen and oxygen atoms in total. The van der Waals surface area contributed by atoms with Crippen molar-refractivity contribution in [3.63, 3.8) is 0 Å². The smallest absolute Gasteiger partial charge is 0.475 e. The van der Waals surface area contributed by atoms with Gasteiger partial charge in [0.2, 0.25) is 15.8 Å². The number of hydrogen-bond acceptors (Lipinski definition) is 10. The molecule has 0 saturated carbocycles. The highest BCUT2D eigenvalue weighted by atomic mass is 35.5. The van der Waals surface area contributed by atoms with Gasteiger partial charge in [-0.3, -0.25) is 4.52 Å². The van der Waals surface area contributed by atoms with E-state index in [4.69, 9.17) is 30.7 Å². The fourth-order valence-electron chi connectivity index (χ4n) is 3.14. The predicted molar refractivity (Wildman–Crippen MR) is 116 cm³/mol. The molecule has 0 aliphatic carbocycles. The Kier molecular flexibility index (Phi) is 8.67. The van der Waals surface area contributed by atoms with Crippen molar-refractivity contribution in [3.05, 3.63) is 45.3 Å². The lowest BCUT2D eigenvalue weighted by atomic mass is 10.2. The van der Waals surface area contributed by atoms with Gasteiger partial charge in [0, 0.05) is 0 Å². The Morgan fingerprint density at radius 2 is 1.89 bits per heavy atom. The molecule has 0 atom stereocenters. The van der Waals surface area contributed by atoms with Gasteiger partial charge in [-0.2, -0.15) is 13.2 Å². The van der Waals surface area contributed by atoms with Crippen molar-refractivity contribution < 1.29 is 45.0 Å². The van der Waals surface area contributed by atoms with E-state index >= 15 is 0 Å². The van der Waals surface area contributed by atoms with Gasteiger partial charge in [-0.25, -0.2) is 36.3 Å². The van der Waals surface area contributed by atoms with Gasteiger partial charge in [0.25, 0.3) is 0 Å². The number of aromatic nitrogens is 4. The third kappa shape index (κ3) is 6.90. The molecule has 37 heavy (non-hydrogen) atoms. The van der Waals surface area contributed by atoms with Gasteiger partial charge >= 0.3 is 17.9 Å². The monoisotopic (exact) mass is 572 g/mol. The zero-order chi connectivity index (χ0) is 27.4. The SMILES string of the molecule is O=C(O)C(F)(F)F.O=c1onc(-c2nonc2CNS(=O)(=O)C2CCNCC2)n1-c1ccc(F)c(Cl)c1. The number of piperidine rings is 1. The van der Waals surface area contributed by atoms with Gasteiger partial charge in [-0.05, 0) is 49.3 Å². The maximum absolute atomic E-state index is 13.5. The van der Waals surface area contributed by atoms with E-state index in [1.165, 1.54) is 12.1 Å². The third-order valence-corrected chi connectivity index (χ3v) is 7.13. The van der Waals surface area contributed by atoms with Crippen LogP contribution in [0.2, 0.25) is 5.02 Å². The first kappa shape index (κ1) is 28.2. The van der Waals surface area contributed by atoms with E-state index in [2.05, 4.69) is 25.5 Å². The summed E-state index contributed by atoms with van der Waals surface area (Å²) in [5, 5.41) is 20.6. The molecule has 0 amide bonds. The van der Waals surface area contributed by atoms with Crippen molar-refractivity contribution in [2.45, 2.75) is 30.8 Å². The zero-order valence-electron chi connectivity index (χ0n) is 18.3. The van der Waals surface area contributed by atoms with Crippen LogP contribution in [-0.2, 0) is 21.4 Å². The molecule has 1 aliphatic rings. The molecule has 1 saturated heterocycles. The largest absolute Gasteiger partial charge is 0.490 e. The number of nitrogens with zero attached hydrogens (tertiary/aromatic N) is 4. The van der Waals surface area contributed by atoms with Crippen LogP contribution in [0.3, 0.4) is 0 Å². The summed E-state index contributed by atoms with van der Waals surface area (Å²) in [7, 11) is -3.60. The van der Waals surface area contributed by atoms with Crippen LogP contribution < -0.4 is 15.8 Å². The molecule has 1 aliphatic heterocycles. The molecule has 0 spiro atoms. The summed E-state index contributed by atoms with van der Waals surface area (Å²) < 4.78 is 83.2. The van der Waals surface area contributed by atoms with E-state index in [9.17, 15) is 30.8 Å². The summed E-state index contributed by atoms with van der Waals surface area (Å²) in [6.45, 7) is 1.01. The zero-order valence-corrected chi connectivity index (χ0v) is 19.9. The minimum absolute atomic E-state index is 0.00527. The van der Waals surface area contributed by atoms with Crippen LogP contribution in [-0.4, -0.2) is 64.0 Å². The molecule has 1 fully saturated rings. The van der Waals surface area contributed by atoms with Crippen LogP contribution in [0.15, 0.2) is 32.1 Å². The number of carbonyl (C=O) groups is 1. The fourth-order valence-corrected chi connectivity index (χ4v) is 4.74. The topological polar surface area (TPSA) is 182 Å². The molecular weight excluding hydrogens is 556 g/mol. The number of alkyl halides is 3. The number of carboxylic acid groups (broad SMARTS) is 1. The molecule has 1 aromatic carbocycles. The number of hydrogen-bond donors (Lipinski definition) is 3. The van der Waals surface area contributed by atoms with E-state index in [1.807, 2.05) is 0 Å². The molecule has 3 aromatic rings. The van der Waals surface area contributed by atoms with E-state index in [1.54, 1.807) is 0 Å². The number of carboxylic acids is 1. The number of aliphatic carboxylic acids is 1. The molecule has 2 aromatic heterocycles. The normalized spacial score (nSPS) is 14.7. The summed E-state index contributed by atoms with van der Waals surface area (Å²) >= 11 is 5.80. The van der Waals surface area contributed by atoms with Crippen molar-refractivity contribution in [1.82, 2.24) is 30.1 Å². The van der Waals surface area contributed by atoms with Crippen LogP contribution in [0.25, 0.3) is 17.2 Å². The average Bonchev–Trinajstić information content (AvgIpc) is 3.46. The summed E-state index contributed by atoms with van der Waals surface area (Å²) in [5.41, 5.74) is 0.268. The first-order chi connectivity index (χ1) is 17.3. The molecule has 19 heteroatoms. The highest BCUT2D eigenvalue weighted by Gasteiger charge is 2.38. The molecule has 0 bridgehead atoms. The first-order valence-corrected chi connectivity index (χ1v) is 12.1. The highest BCUT2D eigenvalue weighted by molar-refractivity contribution is 7.90. The number of halogens is 5. The summed E-state index contributed by atoms with van der Waals surface area (Å²) in [6.07, 6.45) is -4.10. The molecule has 0 unspecified atom stereocenters. The molecule has 3 heterocycles. The molecule has 4 rings (SSSR count). The summed E-state index contributed by atoms with van der Waals surface area (Å²) in [4.78, 5) is 21.1. The number of benzene rings is 1. The minimum Gasteiger partial charge on any atom is -0.475 e. The Balaban J connectivity index is 0.000000479. The van der Waals surface area contributed by atoms with Crippen molar-refractivity contribution in [3.8, 4) is 17.2 Å². The van der Waals surface area contributed by atoms with Gasteiger partial charge in [0.1, 0.15) is 11.5 Å². The minimum atomic E-state index is -5.08. The Morgan fingerprint density at radius 1 is 1.24 bits per heavy atom. The quantitative estimate of drug-likeness (QED) is 0.364. The van der Waals surface area contributed by atoms with Gasteiger partial charge < -0.3 is 10.4 Å². The molecule has 3 N–H and O–H groups in total. The summed E-state index contributed by atoms with van der Waals surface area (Å²) in [5.74, 6) is -4.40. The van der Waals surface area contributed by atoms with Gasteiger partial charge in [0.05, 0.1) is 22.5 Å². The van der Waals surface area contributed by atoms with Crippen molar-refractivity contribution in [2.75, 3.05) is 13.1 Å². The second kappa shape index (κ2) is 11.4. The third-order valence-electron chi connectivity index (χ3n) is 4.94. The van der Waals surface area contributed by atoms with E-state index < -0.39 is 39.0 Å². The Labute approximate surface area is 209 Å². The van der Waals surface area contributed by atoms with E-state index in [0.717, 1.165) is 10.6 Å². The Bertz CT molecular complexity index is 1420. The van der Waals surface area contributed by atoms with Gasteiger partial charge in [0.15, 0.2) is 5.69 Å². The second-order valence-electron chi connectivity index (χ2n) is 7.38. The van der Waals surface area contributed by atoms with Crippen molar-refractivity contribution >= 4 is 27.6 Å². The standard InChI is InChI=1S/C16H16ClFN6O5S.C2HF3O2/c17-11-7-9(1-2-12(11)18)24-15(23-28-16(24)25)14-13(21-29-22-14)8-20-30(26,27)10-3-5-19-6-4-10;3-2(4,5)1(6)7/h1-2,7,10,19-20H,3-6,8H2;(H,6,7). The Hall–Kier alpha value is -3.35. The van der Waals surface area contributed by atoms with Crippen LogP contribution in [0.5, 0.6) is 0 Å².